The van der Waals surface area contributed by atoms with Gasteiger partial charge in [0.2, 0.25) is 5.92 Å². The van der Waals surface area contributed by atoms with E-state index in [1.165, 1.54) is 0 Å². The number of hydrogen-bond donors (Lipinski definition) is 3. The summed E-state index contributed by atoms with van der Waals surface area (Å²) < 4.78 is 26.6. The number of carbonyl (C=O) groups is 1. The quantitative estimate of drug-likeness (QED) is 0.428. The Hall–Kier alpha value is -2.60. The number of alkyl halides is 2. The summed E-state index contributed by atoms with van der Waals surface area (Å²) in [7, 11) is 0. The number of urea groups is 1. The Bertz CT molecular complexity index is 1010. The zero-order chi connectivity index (χ0) is 20.4. The molecular formula is C22H22ClF2N3O. The lowest BCUT2D eigenvalue weighted by Crippen LogP contribution is -2.25. The molecule has 0 aliphatic heterocycles. The summed E-state index contributed by atoms with van der Waals surface area (Å²) in [5.74, 6) is -2.20. The molecule has 0 spiro atoms. The smallest absolute Gasteiger partial charge is 0.323 e. The van der Waals surface area contributed by atoms with E-state index >= 15 is 0 Å². The average molecular weight is 418 g/mol. The summed E-state index contributed by atoms with van der Waals surface area (Å²) in [5, 5.41) is 7.05. The van der Waals surface area contributed by atoms with Gasteiger partial charge in [-0.25, -0.2) is 13.6 Å². The Kier molecular flexibility index (Phi) is 5.46. The molecule has 29 heavy (non-hydrogen) atoms. The first-order chi connectivity index (χ1) is 13.9. The highest BCUT2D eigenvalue weighted by atomic mass is 35.5. The third-order valence-corrected chi connectivity index (χ3v) is 5.70. The lowest BCUT2D eigenvalue weighted by Gasteiger charge is -2.28. The van der Waals surface area contributed by atoms with Crippen molar-refractivity contribution in [2.75, 3.05) is 10.6 Å². The molecule has 7 heteroatoms. The van der Waals surface area contributed by atoms with Crippen molar-refractivity contribution < 1.29 is 13.6 Å². The van der Waals surface area contributed by atoms with E-state index in [-0.39, 0.29) is 18.9 Å². The van der Waals surface area contributed by atoms with Gasteiger partial charge < -0.3 is 15.6 Å². The van der Waals surface area contributed by atoms with Crippen LogP contribution >= 0.6 is 11.6 Å². The fourth-order valence-electron chi connectivity index (χ4n) is 3.84. The van der Waals surface area contributed by atoms with Crippen molar-refractivity contribution in [1.29, 1.82) is 0 Å². The Morgan fingerprint density at radius 1 is 1.10 bits per heavy atom. The number of H-pyrrole nitrogens is 1. The molecule has 1 aliphatic rings. The molecular weight excluding hydrogens is 396 g/mol. The van der Waals surface area contributed by atoms with Gasteiger partial charge in [0.15, 0.2) is 0 Å². The second-order valence-electron chi connectivity index (χ2n) is 7.67. The van der Waals surface area contributed by atoms with Crippen LogP contribution in [0.2, 0.25) is 5.02 Å². The van der Waals surface area contributed by atoms with Gasteiger partial charge in [-0.3, -0.25) is 0 Å². The zero-order valence-electron chi connectivity index (χ0n) is 15.8. The van der Waals surface area contributed by atoms with E-state index < -0.39 is 5.92 Å². The van der Waals surface area contributed by atoms with E-state index in [0.29, 0.717) is 35.2 Å². The minimum Gasteiger partial charge on any atom is -0.359 e. The third kappa shape index (κ3) is 4.88. The number of nitrogens with one attached hydrogen (secondary N) is 3. The number of hydrogen-bond acceptors (Lipinski definition) is 1. The van der Waals surface area contributed by atoms with Gasteiger partial charge in [0.25, 0.3) is 0 Å². The lowest BCUT2D eigenvalue weighted by molar-refractivity contribution is -0.0456. The van der Waals surface area contributed by atoms with Crippen LogP contribution in [-0.4, -0.2) is 16.9 Å². The molecule has 4 nitrogen and oxygen atoms in total. The summed E-state index contributed by atoms with van der Waals surface area (Å²) in [6.45, 7) is 0. The molecule has 3 aromatic rings. The van der Waals surface area contributed by atoms with Crippen molar-refractivity contribution in [3.05, 3.63) is 59.2 Å². The van der Waals surface area contributed by atoms with Crippen LogP contribution < -0.4 is 10.6 Å². The molecule has 1 aromatic heterocycles. The first-order valence-corrected chi connectivity index (χ1v) is 10.1. The topological polar surface area (TPSA) is 56.9 Å². The number of halogens is 3. The molecule has 1 saturated carbocycles. The van der Waals surface area contributed by atoms with Crippen LogP contribution in [0, 0.1) is 5.92 Å². The predicted octanol–water partition coefficient (Wildman–Crippen LogP) is 6.83. The number of fused-ring (bicyclic) bond motifs is 1. The normalized spacial score (nSPS) is 16.7. The van der Waals surface area contributed by atoms with E-state index in [4.69, 9.17) is 11.6 Å². The monoisotopic (exact) mass is 417 g/mol. The van der Waals surface area contributed by atoms with Gasteiger partial charge in [-0.2, -0.15) is 0 Å². The minimum atomic E-state index is -2.49. The SMILES string of the molecule is O=C(Nc1ccc(CC2CCC(F)(F)CC2)cc1)Nc1c[nH]c2ccc(Cl)cc12. The number of carbonyl (C=O) groups excluding carboxylic acids is 1. The van der Waals surface area contributed by atoms with Gasteiger partial charge >= 0.3 is 6.03 Å². The van der Waals surface area contributed by atoms with Crippen LogP contribution in [0.3, 0.4) is 0 Å². The Labute approximate surface area is 172 Å². The van der Waals surface area contributed by atoms with Crippen molar-refractivity contribution in [2.45, 2.75) is 38.0 Å². The van der Waals surface area contributed by atoms with Gasteiger partial charge in [0, 0.05) is 40.7 Å². The molecule has 0 radical (unpaired) electrons. The van der Waals surface area contributed by atoms with Crippen molar-refractivity contribution in [2.24, 2.45) is 5.92 Å². The van der Waals surface area contributed by atoms with Crippen LogP contribution in [-0.2, 0) is 6.42 Å². The Morgan fingerprint density at radius 3 is 2.55 bits per heavy atom. The predicted molar refractivity (Wildman–Crippen MR) is 113 cm³/mol. The first-order valence-electron chi connectivity index (χ1n) is 9.69. The molecule has 0 bridgehead atoms. The highest BCUT2D eigenvalue weighted by Crippen LogP contribution is 2.37. The second-order valence-corrected chi connectivity index (χ2v) is 8.11. The largest absolute Gasteiger partial charge is 0.359 e. The number of benzene rings is 2. The number of aromatic nitrogens is 1. The van der Waals surface area contributed by atoms with Crippen molar-refractivity contribution in [3.63, 3.8) is 0 Å². The molecule has 152 valence electrons. The summed E-state index contributed by atoms with van der Waals surface area (Å²) in [5.41, 5.74) is 3.29. The minimum absolute atomic E-state index is 0.0173. The summed E-state index contributed by atoms with van der Waals surface area (Å²) in [6, 6.07) is 12.6. The molecule has 3 N–H and O–H groups in total. The average Bonchev–Trinajstić information content (AvgIpc) is 3.07. The van der Waals surface area contributed by atoms with E-state index in [0.717, 1.165) is 22.9 Å². The number of anilines is 2. The zero-order valence-corrected chi connectivity index (χ0v) is 16.5. The first kappa shape index (κ1) is 19.7. The van der Waals surface area contributed by atoms with Crippen LogP contribution in [0.25, 0.3) is 10.9 Å². The molecule has 1 aliphatic carbocycles. The maximum absolute atomic E-state index is 13.3. The van der Waals surface area contributed by atoms with Gasteiger partial charge in [-0.1, -0.05) is 23.7 Å². The molecule has 0 unspecified atom stereocenters. The summed E-state index contributed by atoms with van der Waals surface area (Å²) >= 11 is 6.03. The molecule has 1 heterocycles. The van der Waals surface area contributed by atoms with Crippen LogP contribution in [0.5, 0.6) is 0 Å². The van der Waals surface area contributed by atoms with Crippen molar-refractivity contribution in [3.8, 4) is 0 Å². The van der Waals surface area contributed by atoms with E-state index in [1.54, 1.807) is 18.3 Å². The molecule has 2 amide bonds. The van der Waals surface area contributed by atoms with E-state index in [2.05, 4.69) is 15.6 Å². The standard InChI is InChI=1S/C22H22ClF2N3O/c23-16-3-6-19-18(12-16)20(13-26-19)28-21(29)27-17-4-1-14(2-5-17)11-15-7-9-22(24,25)10-8-15/h1-6,12-13,15,26H,7-11H2,(H2,27,28,29). The molecule has 1 fully saturated rings. The van der Waals surface area contributed by atoms with Crippen molar-refractivity contribution in [1.82, 2.24) is 4.98 Å². The fraction of sp³-hybridized carbons (Fsp3) is 0.318. The maximum Gasteiger partial charge on any atom is 0.323 e. The van der Waals surface area contributed by atoms with Gasteiger partial charge in [0.05, 0.1) is 5.69 Å². The van der Waals surface area contributed by atoms with Crippen LogP contribution in [0.15, 0.2) is 48.7 Å². The molecule has 0 atom stereocenters. The summed E-state index contributed by atoms with van der Waals surface area (Å²) in [4.78, 5) is 15.4. The molecule has 0 saturated heterocycles. The Morgan fingerprint density at radius 2 is 1.83 bits per heavy atom. The van der Waals surface area contributed by atoms with Gasteiger partial charge in [0.1, 0.15) is 0 Å². The van der Waals surface area contributed by atoms with E-state index in [9.17, 15) is 13.6 Å². The van der Waals surface area contributed by atoms with Crippen LogP contribution in [0.4, 0.5) is 25.0 Å². The molecule has 4 rings (SSSR count). The van der Waals surface area contributed by atoms with Gasteiger partial charge in [-0.05, 0) is 61.1 Å². The fourth-order valence-corrected chi connectivity index (χ4v) is 4.01. The third-order valence-electron chi connectivity index (χ3n) is 5.46. The van der Waals surface area contributed by atoms with Gasteiger partial charge in [-0.15, -0.1) is 0 Å². The highest BCUT2D eigenvalue weighted by molar-refractivity contribution is 6.31. The number of rotatable bonds is 4. The number of aromatic amines is 1. The highest BCUT2D eigenvalue weighted by Gasteiger charge is 2.34. The molecule has 2 aromatic carbocycles. The van der Waals surface area contributed by atoms with Crippen molar-refractivity contribution >= 4 is 39.9 Å². The number of amides is 2. The summed E-state index contributed by atoms with van der Waals surface area (Å²) in [6.07, 6.45) is 3.59. The Balaban J connectivity index is 1.33. The maximum atomic E-state index is 13.3. The van der Waals surface area contributed by atoms with Crippen LogP contribution in [0.1, 0.15) is 31.2 Å². The second kappa shape index (κ2) is 8.03. The lowest BCUT2D eigenvalue weighted by atomic mass is 9.83. The van der Waals surface area contributed by atoms with E-state index in [1.807, 2.05) is 30.3 Å².